The van der Waals surface area contributed by atoms with Crippen molar-refractivity contribution >= 4 is 17.2 Å². The summed E-state index contributed by atoms with van der Waals surface area (Å²) in [6, 6.07) is 14.8. The third-order valence-electron chi connectivity index (χ3n) is 5.20. The Morgan fingerprint density at radius 1 is 1.04 bits per heavy atom. The van der Waals surface area contributed by atoms with Gasteiger partial charge in [0.25, 0.3) is 0 Å². The molecule has 0 unspecified atom stereocenters. The number of rotatable bonds is 4. The Kier molecular flexibility index (Phi) is 4.67. The summed E-state index contributed by atoms with van der Waals surface area (Å²) in [5.74, 6) is 1.04. The van der Waals surface area contributed by atoms with E-state index in [4.69, 9.17) is 0 Å². The van der Waals surface area contributed by atoms with Crippen molar-refractivity contribution in [3.05, 3.63) is 58.3 Å². The maximum atomic E-state index is 12.8. The summed E-state index contributed by atoms with van der Waals surface area (Å²) in [6.45, 7) is 4.90. The summed E-state index contributed by atoms with van der Waals surface area (Å²) in [7, 11) is 0. The van der Waals surface area contributed by atoms with Gasteiger partial charge in [-0.2, -0.15) is 0 Å². The minimum atomic E-state index is 0.219. The molecule has 1 aromatic heterocycles. The van der Waals surface area contributed by atoms with Gasteiger partial charge in [0.15, 0.2) is 0 Å². The maximum Gasteiger partial charge on any atom is 0.226 e. The van der Waals surface area contributed by atoms with Crippen molar-refractivity contribution in [1.29, 1.82) is 0 Å². The van der Waals surface area contributed by atoms with Crippen molar-refractivity contribution < 1.29 is 4.79 Å². The molecule has 1 saturated heterocycles. The first-order chi connectivity index (χ1) is 11.8. The first kappa shape index (κ1) is 15.9. The van der Waals surface area contributed by atoms with Crippen LogP contribution in [0, 0.1) is 5.92 Å². The highest BCUT2D eigenvalue weighted by atomic mass is 32.1. The van der Waals surface area contributed by atoms with Gasteiger partial charge in [-0.3, -0.25) is 9.69 Å². The van der Waals surface area contributed by atoms with Crippen molar-refractivity contribution in [2.75, 3.05) is 26.2 Å². The number of thiophene rings is 1. The molecule has 2 aliphatic rings. The first-order valence-corrected chi connectivity index (χ1v) is 9.78. The van der Waals surface area contributed by atoms with Gasteiger partial charge in [-0.05, 0) is 35.8 Å². The molecule has 1 aromatic carbocycles. The quantitative estimate of drug-likeness (QED) is 0.849. The van der Waals surface area contributed by atoms with E-state index in [2.05, 4.69) is 51.6 Å². The Bertz CT molecular complexity index is 670. The second kappa shape index (κ2) is 7.08. The van der Waals surface area contributed by atoms with Crippen molar-refractivity contribution in [3.63, 3.8) is 0 Å². The van der Waals surface area contributed by atoms with Gasteiger partial charge < -0.3 is 4.90 Å². The Hall–Kier alpha value is -1.65. The van der Waals surface area contributed by atoms with Crippen LogP contribution in [-0.2, 0) is 11.3 Å². The lowest BCUT2D eigenvalue weighted by molar-refractivity contribution is -0.132. The molecule has 4 rings (SSSR count). The zero-order chi connectivity index (χ0) is 16.4. The van der Waals surface area contributed by atoms with Crippen LogP contribution in [0.25, 0.3) is 0 Å². The van der Waals surface area contributed by atoms with E-state index in [1.165, 1.54) is 10.4 Å². The minimum Gasteiger partial charge on any atom is -0.341 e. The molecule has 0 N–H and O–H groups in total. The number of carbonyl (C=O) groups is 1. The van der Waals surface area contributed by atoms with E-state index in [9.17, 15) is 4.79 Å². The molecule has 3 nitrogen and oxygen atoms in total. The monoisotopic (exact) mass is 340 g/mol. The summed E-state index contributed by atoms with van der Waals surface area (Å²) < 4.78 is 0. The standard InChI is InChI=1S/C20H24N2OS/c23-20(19-14-18(19)16-6-2-1-3-7-16)22-10-5-9-21(11-12-22)15-17-8-4-13-24-17/h1-4,6-8,13,18-19H,5,9-12,14-15H2/t18-,19-/m1/s1. The lowest BCUT2D eigenvalue weighted by atomic mass is 10.1. The third-order valence-corrected chi connectivity index (χ3v) is 6.06. The van der Waals surface area contributed by atoms with Gasteiger partial charge >= 0.3 is 0 Å². The number of hydrogen-bond donors (Lipinski definition) is 0. The number of amides is 1. The van der Waals surface area contributed by atoms with E-state index in [-0.39, 0.29) is 5.92 Å². The van der Waals surface area contributed by atoms with Gasteiger partial charge in [0.05, 0.1) is 0 Å². The van der Waals surface area contributed by atoms with E-state index in [1.54, 1.807) is 0 Å². The van der Waals surface area contributed by atoms with Gasteiger partial charge in [0.1, 0.15) is 0 Å². The lowest BCUT2D eigenvalue weighted by Crippen LogP contribution is -2.36. The Morgan fingerprint density at radius 3 is 2.71 bits per heavy atom. The Labute approximate surface area is 147 Å². The molecule has 0 bridgehead atoms. The molecular weight excluding hydrogens is 316 g/mol. The maximum absolute atomic E-state index is 12.8. The van der Waals surface area contributed by atoms with Gasteiger partial charge in [-0.1, -0.05) is 36.4 Å². The van der Waals surface area contributed by atoms with Crippen LogP contribution in [0.5, 0.6) is 0 Å². The van der Waals surface area contributed by atoms with E-state index in [0.29, 0.717) is 11.8 Å². The second-order valence-electron chi connectivity index (χ2n) is 6.89. The lowest BCUT2D eigenvalue weighted by Gasteiger charge is -2.22. The van der Waals surface area contributed by atoms with Crippen LogP contribution >= 0.6 is 11.3 Å². The van der Waals surface area contributed by atoms with Crippen LogP contribution in [0.4, 0.5) is 0 Å². The van der Waals surface area contributed by atoms with Crippen LogP contribution in [0.3, 0.4) is 0 Å². The highest BCUT2D eigenvalue weighted by Gasteiger charge is 2.45. The zero-order valence-electron chi connectivity index (χ0n) is 13.9. The molecule has 1 saturated carbocycles. The normalized spacial score (nSPS) is 24.6. The molecule has 1 amide bonds. The molecule has 2 fully saturated rings. The van der Waals surface area contributed by atoms with E-state index in [1.807, 2.05) is 17.4 Å². The molecule has 0 spiro atoms. The summed E-state index contributed by atoms with van der Waals surface area (Å²) in [5.41, 5.74) is 1.32. The molecule has 1 aliphatic carbocycles. The molecule has 126 valence electrons. The number of carbonyl (C=O) groups excluding carboxylic acids is 1. The summed E-state index contributed by atoms with van der Waals surface area (Å²) in [4.78, 5) is 18.8. The van der Waals surface area contributed by atoms with E-state index in [0.717, 1.165) is 45.6 Å². The van der Waals surface area contributed by atoms with Gasteiger partial charge in [-0.25, -0.2) is 0 Å². The topological polar surface area (TPSA) is 23.6 Å². The van der Waals surface area contributed by atoms with Gasteiger partial charge in [0.2, 0.25) is 5.91 Å². The minimum absolute atomic E-state index is 0.219. The molecule has 0 radical (unpaired) electrons. The molecule has 2 aromatic rings. The first-order valence-electron chi connectivity index (χ1n) is 8.90. The average molecular weight is 340 g/mol. The smallest absolute Gasteiger partial charge is 0.226 e. The Morgan fingerprint density at radius 2 is 1.92 bits per heavy atom. The van der Waals surface area contributed by atoms with Gasteiger partial charge in [-0.15, -0.1) is 11.3 Å². The fraction of sp³-hybridized carbons (Fsp3) is 0.450. The fourth-order valence-electron chi connectivity index (χ4n) is 3.74. The van der Waals surface area contributed by atoms with Gasteiger partial charge in [0, 0.05) is 43.5 Å². The molecule has 2 atom stereocenters. The SMILES string of the molecule is O=C([C@@H]1C[C@@H]1c1ccccc1)N1CCCN(Cc2cccs2)CC1. The zero-order valence-corrected chi connectivity index (χ0v) is 14.8. The van der Waals surface area contributed by atoms with Crippen LogP contribution in [0.2, 0.25) is 0 Å². The van der Waals surface area contributed by atoms with Crippen LogP contribution in [0.15, 0.2) is 47.8 Å². The highest BCUT2D eigenvalue weighted by molar-refractivity contribution is 7.09. The molecule has 24 heavy (non-hydrogen) atoms. The Balaban J connectivity index is 1.32. The third kappa shape index (κ3) is 3.55. The van der Waals surface area contributed by atoms with Crippen molar-refractivity contribution in [3.8, 4) is 0 Å². The van der Waals surface area contributed by atoms with Crippen LogP contribution in [0.1, 0.15) is 29.2 Å². The molecule has 2 heterocycles. The number of hydrogen-bond acceptors (Lipinski definition) is 3. The largest absolute Gasteiger partial charge is 0.341 e. The second-order valence-corrected chi connectivity index (χ2v) is 7.93. The fourth-order valence-corrected chi connectivity index (χ4v) is 4.49. The summed E-state index contributed by atoms with van der Waals surface area (Å²) in [6.07, 6.45) is 2.11. The summed E-state index contributed by atoms with van der Waals surface area (Å²) >= 11 is 1.82. The number of benzene rings is 1. The number of nitrogens with zero attached hydrogens (tertiary/aromatic N) is 2. The van der Waals surface area contributed by atoms with E-state index >= 15 is 0 Å². The van der Waals surface area contributed by atoms with Crippen LogP contribution in [-0.4, -0.2) is 41.9 Å². The van der Waals surface area contributed by atoms with Crippen molar-refractivity contribution in [2.24, 2.45) is 5.92 Å². The molecule has 4 heteroatoms. The van der Waals surface area contributed by atoms with Crippen molar-refractivity contribution in [2.45, 2.75) is 25.3 Å². The average Bonchev–Trinajstić information content (AvgIpc) is 3.32. The van der Waals surface area contributed by atoms with Crippen molar-refractivity contribution in [1.82, 2.24) is 9.80 Å². The summed E-state index contributed by atoms with van der Waals surface area (Å²) in [5, 5.41) is 2.14. The predicted molar refractivity (Wildman–Crippen MR) is 98.1 cm³/mol. The highest BCUT2D eigenvalue weighted by Crippen LogP contribution is 2.48. The molecular formula is C20H24N2OS. The van der Waals surface area contributed by atoms with Crippen LogP contribution < -0.4 is 0 Å². The molecule has 1 aliphatic heterocycles. The van der Waals surface area contributed by atoms with E-state index < -0.39 is 0 Å². The predicted octanol–water partition coefficient (Wildman–Crippen LogP) is 3.59.